The second-order valence-electron chi connectivity index (χ2n) is 6.58. The molecule has 1 aliphatic rings. The molecule has 1 fully saturated rings. The summed E-state index contributed by atoms with van der Waals surface area (Å²) in [6.45, 7) is 6.37. The smallest absolute Gasteiger partial charge is 0.329 e. The number of nitrogens with two attached hydrogens (primary N) is 1. The third kappa shape index (κ3) is 4.60. The van der Waals surface area contributed by atoms with E-state index in [1.807, 2.05) is 21.0 Å². The van der Waals surface area contributed by atoms with Gasteiger partial charge in [-0.2, -0.15) is 13.2 Å². The van der Waals surface area contributed by atoms with Crippen molar-refractivity contribution in [2.75, 3.05) is 33.7 Å². The number of alkyl halides is 3. The molecule has 1 aliphatic heterocycles. The maximum atomic E-state index is 12.3. The van der Waals surface area contributed by atoms with Gasteiger partial charge in [-0.1, -0.05) is 6.92 Å². The van der Waals surface area contributed by atoms with Crippen LogP contribution in [0, 0.1) is 5.92 Å². The zero-order valence-corrected chi connectivity index (χ0v) is 13.0. The zero-order valence-electron chi connectivity index (χ0n) is 13.0. The lowest BCUT2D eigenvalue weighted by Crippen LogP contribution is -2.51. The van der Waals surface area contributed by atoms with Gasteiger partial charge < -0.3 is 10.6 Å². The van der Waals surface area contributed by atoms with Crippen molar-refractivity contribution in [2.45, 2.75) is 50.9 Å². The monoisotopic (exact) mass is 295 g/mol. The second-order valence-corrected chi connectivity index (χ2v) is 6.58. The Labute approximate surface area is 120 Å². The number of likely N-dealkylation sites (tertiary alicyclic amines) is 1. The van der Waals surface area contributed by atoms with Crippen LogP contribution in [0.3, 0.4) is 0 Å². The van der Waals surface area contributed by atoms with E-state index < -0.39 is 12.6 Å². The summed E-state index contributed by atoms with van der Waals surface area (Å²) in [5, 5.41) is 0. The van der Waals surface area contributed by atoms with Crippen LogP contribution < -0.4 is 5.73 Å². The molecule has 1 saturated heterocycles. The van der Waals surface area contributed by atoms with E-state index in [1.54, 1.807) is 0 Å². The fourth-order valence-corrected chi connectivity index (χ4v) is 3.12. The van der Waals surface area contributed by atoms with Crippen LogP contribution in [0.25, 0.3) is 0 Å². The fraction of sp³-hybridized carbons (Fsp3) is 1.00. The Bertz CT molecular complexity index is 307. The highest BCUT2D eigenvalue weighted by molar-refractivity contribution is 4.96. The Morgan fingerprint density at radius 3 is 2.20 bits per heavy atom. The summed E-state index contributed by atoms with van der Waals surface area (Å²) in [4.78, 5) is 4.47. The van der Waals surface area contributed by atoms with Gasteiger partial charge in [0.2, 0.25) is 0 Å². The fourth-order valence-electron chi connectivity index (χ4n) is 3.12. The summed E-state index contributed by atoms with van der Waals surface area (Å²) in [5.74, 6) is 0.512. The Hall–Kier alpha value is -0.330. The van der Waals surface area contributed by atoms with Crippen molar-refractivity contribution in [2.24, 2.45) is 11.7 Å². The van der Waals surface area contributed by atoms with E-state index >= 15 is 0 Å². The van der Waals surface area contributed by atoms with Crippen molar-refractivity contribution in [1.82, 2.24) is 9.80 Å². The molecule has 3 unspecified atom stereocenters. The Morgan fingerprint density at radius 2 is 1.80 bits per heavy atom. The molecule has 0 aromatic rings. The normalized spacial score (nSPS) is 28.1. The average molecular weight is 295 g/mol. The first kappa shape index (κ1) is 17.7. The molecule has 0 bridgehead atoms. The van der Waals surface area contributed by atoms with Crippen molar-refractivity contribution in [1.29, 1.82) is 0 Å². The zero-order chi connectivity index (χ0) is 15.6. The largest absolute Gasteiger partial charge is 0.389 e. The van der Waals surface area contributed by atoms with Crippen molar-refractivity contribution in [3.8, 4) is 0 Å². The van der Waals surface area contributed by atoms with E-state index in [2.05, 4.69) is 16.7 Å². The van der Waals surface area contributed by atoms with Crippen LogP contribution in [0.1, 0.15) is 33.1 Å². The number of nitrogens with zero attached hydrogens (tertiary/aromatic N) is 2. The van der Waals surface area contributed by atoms with Gasteiger partial charge in [-0.25, -0.2) is 0 Å². The minimum atomic E-state index is -4.07. The molecule has 3 atom stereocenters. The van der Waals surface area contributed by atoms with Crippen LogP contribution in [-0.2, 0) is 0 Å². The molecular weight excluding hydrogens is 267 g/mol. The molecule has 0 radical (unpaired) electrons. The lowest BCUT2D eigenvalue weighted by atomic mass is 9.93. The molecule has 0 aromatic carbocycles. The predicted octanol–water partition coefficient (Wildman–Crippen LogP) is 2.32. The van der Waals surface area contributed by atoms with Crippen molar-refractivity contribution in [3.63, 3.8) is 0 Å². The molecule has 20 heavy (non-hydrogen) atoms. The van der Waals surface area contributed by atoms with E-state index in [0.717, 1.165) is 13.1 Å². The molecular formula is C14H28F3N3. The summed E-state index contributed by atoms with van der Waals surface area (Å²) < 4.78 is 36.9. The van der Waals surface area contributed by atoms with Crippen LogP contribution in [0.2, 0.25) is 0 Å². The number of hydrogen-bond acceptors (Lipinski definition) is 3. The van der Waals surface area contributed by atoms with Crippen LogP contribution in [0.4, 0.5) is 13.2 Å². The van der Waals surface area contributed by atoms with Crippen LogP contribution in [0.15, 0.2) is 0 Å². The van der Waals surface area contributed by atoms with Gasteiger partial charge in [0.25, 0.3) is 0 Å². The maximum absolute atomic E-state index is 12.3. The molecule has 120 valence electrons. The van der Waals surface area contributed by atoms with Crippen molar-refractivity contribution < 1.29 is 13.2 Å². The van der Waals surface area contributed by atoms with Crippen molar-refractivity contribution >= 4 is 0 Å². The standard InChI is InChI=1S/C14H28F3N3/c1-11-8-20(9-12(11)19(3)4)13(2,10-18)6-5-7-14(15,16)17/h11-12H,5-10,18H2,1-4H3. The van der Waals surface area contributed by atoms with Gasteiger partial charge in [-0.05, 0) is 39.8 Å². The number of hydrogen-bond donors (Lipinski definition) is 1. The lowest BCUT2D eigenvalue weighted by Gasteiger charge is -2.38. The van der Waals surface area contributed by atoms with Gasteiger partial charge in [-0.3, -0.25) is 4.90 Å². The van der Waals surface area contributed by atoms with E-state index in [-0.39, 0.29) is 12.0 Å². The maximum Gasteiger partial charge on any atom is 0.389 e. The molecule has 0 aliphatic carbocycles. The molecule has 0 aromatic heterocycles. The van der Waals surface area contributed by atoms with Gasteiger partial charge in [0.05, 0.1) is 0 Å². The van der Waals surface area contributed by atoms with Crippen molar-refractivity contribution in [3.05, 3.63) is 0 Å². The lowest BCUT2D eigenvalue weighted by molar-refractivity contribution is -0.136. The molecule has 6 heteroatoms. The predicted molar refractivity (Wildman–Crippen MR) is 75.6 cm³/mol. The molecule has 0 amide bonds. The van der Waals surface area contributed by atoms with Gasteiger partial charge in [-0.15, -0.1) is 0 Å². The van der Waals surface area contributed by atoms with Gasteiger partial charge in [0, 0.05) is 37.6 Å². The third-order valence-electron chi connectivity index (χ3n) is 4.61. The highest BCUT2D eigenvalue weighted by Crippen LogP contribution is 2.32. The highest BCUT2D eigenvalue weighted by atomic mass is 19.4. The van der Waals surface area contributed by atoms with E-state index in [4.69, 9.17) is 5.73 Å². The minimum Gasteiger partial charge on any atom is -0.329 e. The Balaban J connectivity index is 2.60. The summed E-state index contributed by atoms with van der Waals surface area (Å²) in [6, 6.07) is 0.448. The number of likely N-dealkylation sites (N-methyl/N-ethyl adjacent to an activating group) is 1. The van der Waals surface area contributed by atoms with Gasteiger partial charge in [0.1, 0.15) is 0 Å². The van der Waals surface area contributed by atoms with Crippen LogP contribution in [-0.4, -0.2) is 61.3 Å². The first-order chi connectivity index (χ1) is 9.09. The van der Waals surface area contributed by atoms with E-state index in [0.29, 0.717) is 24.9 Å². The molecule has 3 nitrogen and oxygen atoms in total. The topological polar surface area (TPSA) is 32.5 Å². The second kappa shape index (κ2) is 6.62. The number of rotatable bonds is 6. The molecule has 1 rings (SSSR count). The van der Waals surface area contributed by atoms with E-state index in [9.17, 15) is 13.2 Å². The van der Waals surface area contributed by atoms with Crippen LogP contribution >= 0.6 is 0 Å². The number of halogens is 3. The Kier molecular flexibility index (Phi) is 5.87. The third-order valence-corrected chi connectivity index (χ3v) is 4.61. The summed E-state index contributed by atoms with van der Waals surface area (Å²) >= 11 is 0. The molecule has 0 saturated carbocycles. The Morgan fingerprint density at radius 1 is 1.20 bits per heavy atom. The average Bonchev–Trinajstić information content (AvgIpc) is 2.70. The minimum absolute atomic E-state index is 0.148. The van der Waals surface area contributed by atoms with Gasteiger partial charge >= 0.3 is 6.18 Å². The summed E-state index contributed by atoms with van der Waals surface area (Å²) in [7, 11) is 4.10. The van der Waals surface area contributed by atoms with Gasteiger partial charge in [0.15, 0.2) is 0 Å². The van der Waals surface area contributed by atoms with Crippen LogP contribution in [0.5, 0.6) is 0 Å². The highest BCUT2D eigenvalue weighted by Gasteiger charge is 2.40. The first-order valence-corrected chi connectivity index (χ1v) is 7.27. The SMILES string of the molecule is CC1CN(C(C)(CN)CCCC(F)(F)F)CC1N(C)C. The molecule has 1 heterocycles. The summed E-state index contributed by atoms with van der Waals surface area (Å²) in [5.41, 5.74) is 5.54. The molecule has 2 N–H and O–H groups in total. The first-order valence-electron chi connectivity index (χ1n) is 7.27. The summed E-state index contributed by atoms with van der Waals surface area (Å²) in [6.07, 6.45) is -4.15. The quantitative estimate of drug-likeness (QED) is 0.816. The van der Waals surface area contributed by atoms with E-state index in [1.165, 1.54) is 0 Å². The molecule has 0 spiro atoms.